The standard InChI is InChI=1S/C14H24/c1-4-7-9-13-10-8-11-14(5-2,6-3)12-13/h8,10,12H,4-7,9,11H2,1-3H3. The Balaban J connectivity index is 2.65. The molecule has 0 radical (unpaired) electrons. The fraction of sp³-hybridized carbons (Fsp3) is 0.714. The van der Waals surface area contributed by atoms with E-state index < -0.39 is 0 Å². The van der Waals surface area contributed by atoms with Crippen LogP contribution in [-0.4, -0.2) is 0 Å². The van der Waals surface area contributed by atoms with Crippen molar-refractivity contribution in [3.63, 3.8) is 0 Å². The van der Waals surface area contributed by atoms with Gasteiger partial charge in [-0.05, 0) is 37.5 Å². The van der Waals surface area contributed by atoms with E-state index in [1.54, 1.807) is 5.57 Å². The minimum atomic E-state index is 0.484. The van der Waals surface area contributed by atoms with E-state index in [-0.39, 0.29) is 0 Å². The van der Waals surface area contributed by atoms with E-state index >= 15 is 0 Å². The van der Waals surface area contributed by atoms with Crippen LogP contribution in [0.4, 0.5) is 0 Å². The van der Waals surface area contributed by atoms with Crippen LogP contribution < -0.4 is 0 Å². The quantitative estimate of drug-likeness (QED) is 0.583. The van der Waals surface area contributed by atoms with Crippen LogP contribution in [0.15, 0.2) is 23.8 Å². The molecule has 0 amide bonds. The number of hydrogen-bond acceptors (Lipinski definition) is 0. The summed E-state index contributed by atoms with van der Waals surface area (Å²) in [6, 6.07) is 0. The van der Waals surface area contributed by atoms with Crippen molar-refractivity contribution in [2.45, 2.75) is 59.3 Å². The molecular weight excluding hydrogens is 168 g/mol. The molecule has 0 aromatic rings. The molecule has 1 aliphatic carbocycles. The van der Waals surface area contributed by atoms with E-state index in [2.05, 4.69) is 39.0 Å². The average molecular weight is 192 g/mol. The maximum absolute atomic E-state index is 2.54. The van der Waals surface area contributed by atoms with Gasteiger partial charge in [0.2, 0.25) is 0 Å². The van der Waals surface area contributed by atoms with Gasteiger partial charge in [0.05, 0.1) is 0 Å². The summed E-state index contributed by atoms with van der Waals surface area (Å²) >= 11 is 0. The van der Waals surface area contributed by atoms with Crippen LogP contribution in [0.25, 0.3) is 0 Å². The fourth-order valence-electron chi connectivity index (χ4n) is 2.22. The maximum atomic E-state index is 2.54. The third-order valence-corrected chi connectivity index (χ3v) is 3.58. The lowest BCUT2D eigenvalue weighted by atomic mass is 9.75. The number of allylic oxidation sites excluding steroid dienone is 4. The fourth-order valence-corrected chi connectivity index (χ4v) is 2.22. The zero-order chi connectivity index (χ0) is 10.4. The molecule has 0 bridgehead atoms. The van der Waals surface area contributed by atoms with Crippen LogP contribution in [0.2, 0.25) is 0 Å². The monoisotopic (exact) mass is 192 g/mol. The van der Waals surface area contributed by atoms with E-state index in [4.69, 9.17) is 0 Å². The molecule has 0 spiro atoms. The predicted molar refractivity (Wildman–Crippen MR) is 64.4 cm³/mol. The Bertz CT molecular complexity index is 216. The lowest BCUT2D eigenvalue weighted by molar-refractivity contribution is 0.350. The Morgan fingerprint density at radius 3 is 2.50 bits per heavy atom. The van der Waals surface area contributed by atoms with Gasteiger partial charge in [0.15, 0.2) is 0 Å². The molecule has 0 heterocycles. The first-order chi connectivity index (χ1) is 6.76. The number of hydrogen-bond donors (Lipinski definition) is 0. The first-order valence-corrected chi connectivity index (χ1v) is 6.14. The molecule has 0 aromatic heterocycles. The molecule has 0 saturated heterocycles. The normalized spacial score (nSPS) is 19.5. The largest absolute Gasteiger partial charge is 0.0834 e. The molecule has 1 rings (SSSR count). The Hall–Kier alpha value is -0.520. The summed E-state index contributed by atoms with van der Waals surface area (Å²) in [5, 5.41) is 0. The van der Waals surface area contributed by atoms with E-state index in [9.17, 15) is 0 Å². The maximum Gasteiger partial charge on any atom is -0.00831 e. The molecule has 80 valence electrons. The van der Waals surface area contributed by atoms with Gasteiger partial charge >= 0.3 is 0 Å². The second-order valence-electron chi connectivity index (χ2n) is 4.50. The van der Waals surface area contributed by atoms with Crippen LogP contribution in [0.1, 0.15) is 59.3 Å². The van der Waals surface area contributed by atoms with Crippen molar-refractivity contribution in [1.29, 1.82) is 0 Å². The third kappa shape index (κ3) is 2.73. The van der Waals surface area contributed by atoms with Crippen molar-refractivity contribution >= 4 is 0 Å². The highest BCUT2D eigenvalue weighted by atomic mass is 14.3. The molecule has 0 heteroatoms. The Kier molecular flexibility index (Phi) is 4.44. The highest BCUT2D eigenvalue weighted by Crippen LogP contribution is 2.37. The summed E-state index contributed by atoms with van der Waals surface area (Å²) in [6.45, 7) is 6.90. The first kappa shape index (κ1) is 11.6. The van der Waals surface area contributed by atoms with Gasteiger partial charge in [-0.15, -0.1) is 0 Å². The highest BCUT2D eigenvalue weighted by molar-refractivity contribution is 5.27. The zero-order valence-corrected chi connectivity index (χ0v) is 9.97. The molecule has 0 N–H and O–H groups in total. The lowest BCUT2D eigenvalue weighted by Gasteiger charge is -2.30. The van der Waals surface area contributed by atoms with Crippen molar-refractivity contribution in [2.75, 3.05) is 0 Å². The number of rotatable bonds is 5. The summed E-state index contributed by atoms with van der Waals surface area (Å²) in [6.07, 6.45) is 15.0. The third-order valence-electron chi connectivity index (χ3n) is 3.58. The number of unbranched alkanes of at least 4 members (excludes halogenated alkanes) is 1. The minimum Gasteiger partial charge on any atom is -0.0834 e. The van der Waals surface area contributed by atoms with Gasteiger partial charge in [-0.2, -0.15) is 0 Å². The van der Waals surface area contributed by atoms with Crippen molar-refractivity contribution in [3.8, 4) is 0 Å². The summed E-state index contributed by atoms with van der Waals surface area (Å²) < 4.78 is 0. The Labute approximate surface area is 89.1 Å². The zero-order valence-electron chi connectivity index (χ0n) is 9.97. The first-order valence-electron chi connectivity index (χ1n) is 6.14. The molecule has 0 atom stereocenters. The molecule has 0 unspecified atom stereocenters. The van der Waals surface area contributed by atoms with Gasteiger partial charge in [0.1, 0.15) is 0 Å². The molecule has 0 saturated carbocycles. The van der Waals surface area contributed by atoms with Gasteiger partial charge in [-0.3, -0.25) is 0 Å². The van der Waals surface area contributed by atoms with Crippen LogP contribution in [0, 0.1) is 5.41 Å². The summed E-state index contributed by atoms with van der Waals surface area (Å²) in [5.74, 6) is 0. The smallest absolute Gasteiger partial charge is 0.00831 e. The van der Waals surface area contributed by atoms with Crippen LogP contribution in [0.3, 0.4) is 0 Å². The Morgan fingerprint density at radius 1 is 1.21 bits per heavy atom. The molecule has 0 fully saturated rings. The topological polar surface area (TPSA) is 0 Å². The van der Waals surface area contributed by atoms with Crippen LogP contribution >= 0.6 is 0 Å². The summed E-state index contributed by atoms with van der Waals surface area (Å²) in [7, 11) is 0. The average Bonchev–Trinajstić information content (AvgIpc) is 2.26. The van der Waals surface area contributed by atoms with Gasteiger partial charge < -0.3 is 0 Å². The highest BCUT2D eigenvalue weighted by Gasteiger charge is 2.24. The minimum absolute atomic E-state index is 0.484. The summed E-state index contributed by atoms with van der Waals surface area (Å²) in [5.41, 5.74) is 2.06. The van der Waals surface area contributed by atoms with Crippen LogP contribution in [0.5, 0.6) is 0 Å². The van der Waals surface area contributed by atoms with Crippen molar-refractivity contribution in [2.24, 2.45) is 5.41 Å². The molecule has 0 aliphatic heterocycles. The van der Waals surface area contributed by atoms with E-state index in [1.165, 1.54) is 38.5 Å². The molecule has 0 nitrogen and oxygen atoms in total. The van der Waals surface area contributed by atoms with E-state index in [1.807, 2.05) is 0 Å². The van der Waals surface area contributed by atoms with E-state index in [0.717, 1.165) is 0 Å². The van der Waals surface area contributed by atoms with Crippen molar-refractivity contribution in [3.05, 3.63) is 23.8 Å². The SMILES string of the molecule is CCCCC1=CC(CC)(CC)CC=C1. The molecule has 14 heavy (non-hydrogen) atoms. The molecule has 1 aliphatic rings. The molecular formula is C14H24. The Morgan fingerprint density at radius 2 is 1.93 bits per heavy atom. The van der Waals surface area contributed by atoms with Gasteiger partial charge in [-0.1, -0.05) is 51.0 Å². The second-order valence-corrected chi connectivity index (χ2v) is 4.50. The predicted octanol–water partition coefficient (Wildman–Crippen LogP) is 4.87. The van der Waals surface area contributed by atoms with Crippen LogP contribution in [-0.2, 0) is 0 Å². The second kappa shape index (κ2) is 5.38. The van der Waals surface area contributed by atoms with E-state index in [0.29, 0.717) is 5.41 Å². The lowest BCUT2D eigenvalue weighted by Crippen LogP contribution is -2.17. The van der Waals surface area contributed by atoms with Gasteiger partial charge in [0.25, 0.3) is 0 Å². The summed E-state index contributed by atoms with van der Waals surface area (Å²) in [4.78, 5) is 0. The van der Waals surface area contributed by atoms with Crippen molar-refractivity contribution < 1.29 is 0 Å². The van der Waals surface area contributed by atoms with Gasteiger partial charge in [-0.25, -0.2) is 0 Å². The molecule has 0 aromatic carbocycles. The van der Waals surface area contributed by atoms with Gasteiger partial charge in [0, 0.05) is 0 Å². The van der Waals surface area contributed by atoms with Crippen molar-refractivity contribution in [1.82, 2.24) is 0 Å².